The van der Waals surface area contributed by atoms with Crippen LogP contribution in [0.25, 0.3) is 21.3 Å². The lowest BCUT2D eigenvalue weighted by Crippen LogP contribution is -2.50. The van der Waals surface area contributed by atoms with Gasteiger partial charge >= 0.3 is 0 Å². The summed E-state index contributed by atoms with van der Waals surface area (Å²) in [7, 11) is 1.58. The van der Waals surface area contributed by atoms with Crippen molar-refractivity contribution >= 4 is 38.6 Å². The smallest absolute Gasteiger partial charge is 0.256 e. The maximum atomic E-state index is 13.4. The summed E-state index contributed by atoms with van der Waals surface area (Å²) in [5.74, 6) is 0.991. The molecule has 15 nitrogen and oxygen atoms in total. The second kappa shape index (κ2) is 21.3. The van der Waals surface area contributed by atoms with Gasteiger partial charge in [0.2, 0.25) is 0 Å². The van der Waals surface area contributed by atoms with E-state index >= 15 is 0 Å². The summed E-state index contributed by atoms with van der Waals surface area (Å²) in [6, 6.07) is 10.8. The molecule has 1 saturated heterocycles. The van der Waals surface area contributed by atoms with Gasteiger partial charge in [-0.15, -0.1) is 0 Å². The van der Waals surface area contributed by atoms with Crippen LogP contribution in [0.5, 0.6) is 11.5 Å². The van der Waals surface area contributed by atoms with Crippen LogP contribution in [0.1, 0.15) is 20.7 Å². The largest absolute Gasteiger partial charge is 0.496 e. The highest BCUT2D eigenvalue weighted by Crippen LogP contribution is 2.34. The Kier molecular flexibility index (Phi) is 16.4. The zero-order valence-corrected chi connectivity index (χ0v) is 29.2. The Morgan fingerprint density at radius 1 is 0.816 bits per heavy atom. The number of methoxy groups -OCH3 is 1. The van der Waals surface area contributed by atoms with Crippen LogP contribution in [-0.4, -0.2) is 139 Å². The first-order valence-electron chi connectivity index (χ1n) is 16.1. The monoisotopic (exact) mass is 746 g/mol. The minimum Gasteiger partial charge on any atom is -0.496 e. The zero-order valence-electron chi connectivity index (χ0n) is 27.6. The van der Waals surface area contributed by atoms with Crippen molar-refractivity contribution in [2.75, 3.05) is 113 Å². The molecule has 1 aromatic heterocycles. The molecule has 16 heteroatoms. The molecule has 0 saturated carbocycles. The summed E-state index contributed by atoms with van der Waals surface area (Å²) in [6.45, 7) is 6.66. The number of hydrogen-bond donors (Lipinski definition) is 1. The molecular weight excluding hydrogens is 704 g/mol. The molecule has 49 heavy (non-hydrogen) atoms. The SMILES string of the molecule is COc1ccc(Br)c2[nH]cc(C(=O)N3CCN(C(=O)c4cccc(OCCOCCOCCOCCOCCOCCN=[N+]=[N-])c4)CC3)c12. The maximum absolute atomic E-state index is 13.4. The van der Waals surface area contributed by atoms with Crippen LogP contribution in [0.2, 0.25) is 0 Å². The van der Waals surface area contributed by atoms with Crippen molar-refractivity contribution in [3.8, 4) is 11.5 Å². The van der Waals surface area contributed by atoms with Crippen LogP contribution in [0, 0.1) is 0 Å². The number of rotatable bonds is 22. The maximum Gasteiger partial charge on any atom is 0.256 e. The van der Waals surface area contributed by atoms with Crippen LogP contribution >= 0.6 is 15.9 Å². The number of nitrogens with zero attached hydrogens (tertiary/aromatic N) is 5. The van der Waals surface area contributed by atoms with E-state index in [9.17, 15) is 9.59 Å². The van der Waals surface area contributed by atoms with E-state index in [2.05, 4.69) is 30.9 Å². The van der Waals surface area contributed by atoms with Gasteiger partial charge in [-0.3, -0.25) is 9.59 Å². The number of hydrogen-bond acceptors (Lipinski definition) is 10. The highest BCUT2D eigenvalue weighted by molar-refractivity contribution is 9.10. The normalized spacial score (nSPS) is 13.0. The lowest BCUT2D eigenvalue weighted by Gasteiger charge is -2.34. The van der Waals surface area contributed by atoms with E-state index in [0.29, 0.717) is 128 Å². The van der Waals surface area contributed by atoms with E-state index in [1.165, 1.54) is 0 Å². The molecule has 4 rings (SSSR count). The highest BCUT2D eigenvalue weighted by Gasteiger charge is 2.28. The average molecular weight is 748 g/mol. The molecule has 0 unspecified atom stereocenters. The summed E-state index contributed by atoms with van der Waals surface area (Å²) < 4.78 is 39.3. The molecule has 0 aliphatic carbocycles. The third-order valence-corrected chi connectivity index (χ3v) is 8.18. The number of H-pyrrole nitrogens is 1. The van der Waals surface area contributed by atoms with Crippen LogP contribution in [0.3, 0.4) is 0 Å². The van der Waals surface area contributed by atoms with Gasteiger partial charge in [-0.05, 0) is 51.8 Å². The Bertz CT molecular complexity index is 1530. The first-order valence-corrected chi connectivity index (χ1v) is 16.9. The van der Waals surface area contributed by atoms with Crippen LogP contribution < -0.4 is 9.47 Å². The van der Waals surface area contributed by atoms with E-state index in [4.69, 9.17) is 38.7 Å². The number of carbonyl (C=O) groups excluding carboxylic acids is 2. The van der Waals surface area contributed by atoms with Crippen molar-refractivity contribution < 1.29 is 42.7 Å². The number of benzene rings is 2. The van der Waals surface area contributed by atoms with Gasteiger partial charge in [0.1, 0.15) is 18.1 Å². The number of aromatic nitrogens is 1. The van der Waals surface area contributed by atoms with Crippen LogP contribution in [0.4, 0.5) is 0 Å². The van der Waals surface area contributed by atoms with E-state index in [-0.39, 0.29) is 11.8 Å². The molecule has 0 atom stereocenters. The van der Waals surface area contributed by atoms with Gasteiger partial charge in [-0.25, -0.2) is 0 Å². The summed E-state index contributed by atoms with van der Waals surface area (Å²) in [5, 5.41) is 4.11. The summed E-state index contributed by atoms with van der Waals surface area (Å²) in [6.07, 6.45) is 1.71. The fraction of sp³-hybridized carbons (Fsp3) is 0.515. The molecule has 1 aliphatic rings. The minimum atomic E-state index is -0.106. The van der Waals surface area contributed by atoms with E-state index in [0.717, 1.165) is 15.4 Å². The van der Waals surface area contributed by atoms with Gasteiger partial charge in [0.15, 0.2) is 0 Å². The van der Waals surface area contributed by atoms with Gasteiger partial charge in [-0.1, -0.05) is 11.2 Å². The van der Waals surface area contributed by atoms with Crippen LogP contribution in [0.15, 0.2) is 52.2 Å². The summed E-state index contributed by atoms with van der Waals surface area (Å²) in [4.78, 5) is 36.0. The third kappa shape index (κ3) is 11.9. The molecule has 266 valence electrons. The Hall–Kier alpha value is -3.89. The number of azide groups is 1. The standard InChI is InChI=1S/C33H43BrN6O9/c1-43-29-6-5-28(34)31-30(29)27(24-36-31)33(42)40-10-8-39(9-11-40)32(41)25-3-2-4-26(23-25)49-22-21-48-20-19-47-18-17-46-16-15-45-14-13-44-12-7-37-38-35/h2-6,23-24,36H,7-22H2,1H3. The molecule has 0 radical (unpaired) electrons. The molecule has 0 spiro atoms. The Morgan fingerprint density at radius 2 is 1.39 bits per heavy atom. The number of piperazine rings is 1. The fourth-order valence-corrected chi connectivity index (χ4v) is 5.50. The van der Waals surface area contributed by atoms with Crippen LogP contribution in [-0.2, 0) is 23.7 Å². The molecule has 1 N–H and O–H groups in total. The van der Waals surface area contributed by atoms with E-state index in [1.54, 1.807) is 47.4 Å². The van der Waals surface area contributed by atoms with E-state index in [1.807, 2.05) is 12.1 Å². The Balaban J connectivity index is 1.05. The van der Waals surface area contributed by atoms with Gasteiger partial charge in [0.25, 0.3) is 11.8 Å². The lowest BCUT2D eigenvalue weighted by atomic mass is 10.1. The van der Waals surface area contributed by atoms with Crippen molar-refractivity contribution in [3.05, 3.63) is 68.6 Å². The number of amides is 2. The van der Waals surface area contributed by atoms with Crippen molar-refractivity contribution in [1.82, 2.24) is 14.8 Å². The van der Waals surface area contributed by atoms with Gasteiger partial charge < -0.3 is 47.9 Å². The second-order valence-electron chi connectivity index (χ2n) is 10.7. The van der Waals surface area contributed by atoms with Crippen molar-refractivity contribution in [2.24, 2.45) is 5.11 Å². The topological polar surface area (TPSA) is 170 Å². The molecule has 1 aliphatic heterocycles. The zero-order chi connectivity index (χ0) is 34.7. The second-order valence-corrected chi connectivity index (χ2v) is 11.5. The van der Waals surface area contributed by atoms with Crippen molar-refractivity contribution in [1.29, 1.82) is 0 Å². The molecule has 3 aromatic rings. The van der Waals surface area contributed by atoms with Gasteiger partial charge in [-0.2, -0.15) is 0 Å². The van der Waals surface area contributed by atoms with Crippen molar-refractivity contribution in [2.45, 2.75) is 0 Å². The third-order valence-electron chi connectivity index (χ3n) is 7.52. The molecular formula is C33H43BrN6O9. The first kappa shape index (κ1) is 37.9. The number of carbonyl (C=O) groups is 2. The van der Waals surface area contributed by atoms with Gasteiger partial charge in [0, 0.05) is 53.9 Å². The number of fused-ring (bicyclic) bond motifs is 1. The number of ether oxygens (including phenoxy) is 7. The fourth-order valence-electron chi connectivity index (χ4n) is 5.06. The quantitative estimate of drug-likeness (QED) is 0.0681. The molecule has 1 fully saturated rings. The molecule has 2 aromatic carbocycles. The summed E-state index contributed by atoms with van der Waals surface area (Å²) in [5.41, 5.74) is 10.0. The predicted octanol–water partition coefficient (Wildman–Crippen LogP) is 4.31. The Morgan fingerprint density at radius 3 is 1.98 bits per heavy atom. The summed E-state index contributed by atoms with van der Waals surface area (Å²) >= 11 is 3.53. The molecule has 0 bridgehead atoms. The predicted molar refractivity (Wildman–Crippen MR) is 184 cm³/mol. The molecule has 2 heterocycles. The number of nitrogens with one attached hydrogen (secondary N) is 1. The number of halogens is 1. The first-order chi connectivity index (χ1) is 24.0. The highest BCUT2D eigenvalue weighted by atomic mass is 79.9. The van der Waals surface area contributed by atoms with Gasteiger partial charge in [0.05, 0.1) is 89.6 Å². The Labute approximate surface area is 293 Å². The number of aromatic amines is 1. The minimum absolute atomic E-state index is 0.106. The lowest BCUT2D eigenvalue weighted by molar-refractivity contribution is -0.0122. The van der Waals surface area contributed by atoms with Crippen molar-refractivity contribution in [3.63, 3.8) is 0 Å². The van der Waals surface area contributed by atoms with E-state index < -0.39 is 0 Å². The molecule has 2 amide bonds. The average Bonchev–Trinajstić information content (AvgIpc) is 3.59.